The number of halogens is 1. The van der Waals surface area contributed by atoms with Crippen LogP contribution in [0.15, 0.2) is 23.8 Å². The molecule has 1 amide bonds. The lowest BCUT2D eigenvalue weighted by Crippen LogP contribution is -2.38. The van der Waals surface area contributed by atoms with E-state index in [1.165, 1.54) is 4.90 Å². The Morgan fingerprint density at radius 1 is 1.32 bits per heavy atom. The third kappa shape index (κ3) is 11.7. The maximum Gasteiger partial charge on any atom is 0.410 e. The van der Waals surface area contributed by atoms with Crippen LogP contribution in [0.1, 0.15) is 54.4 Å². The Hall–Kier alpha value is -1.93. The van der Waals surface area contributed by atoms with E-state index in [1.54, 1.807) is 6.92 Å². The van der Waals surface area contributed by atoms with Gasteiger partial charge in [-0.2, -0.15) is 0 Å². The minimum absolute atomic E-state index is 0.173. The van der Waals surface area contributed by atoms with Crippen molar-refractivity contribution >= 4 is 12.6 Å². The molecule has 7 nitrogen and oxygen atoms in total. The van der Waals surface area contributed by atoms with Crippen LogP contribution in [-0.4, -0.2) is 60.7 Å². The standard InChI is InChI=1S/C17H29FN2O3.C3H6O2/c1-6-8-9-14(7-2)13-22-20(18)15-10-11-19(12-15)16(21)23-17(3,4)5;1-2-5-3-4/h7-9,15H,6,10-13H2,1-5H3;3H,2H2,1H3/b9-8-,14-7+;. The largest absolute Gasteiger partial charge is 0.468 e. The minimum atomic E-state index is -0.548. The molecule has 0 bridgehead atoms. The molecule has 0 N–H and O–H groups in total. The summed E-state index contributed by atoms with van der Waals surface area (Å²) >= 11 is 0. The normalized spacial score (nSPS) is 17.5. The van der Waals surface area contributed by atoms with Gasteiger partial charge in [-0.05, 0) is 58.3 Å². The van der Waals surface area contributed by atoms with Crippen molar-refractivity contribution in [3.8, 4) is 0 Å². The van der Waals surface area contributed by atoms with Gasteiger partial charge in [0.2, 0.25) is 0 Å². The Morgan fingerprint density at radius 2 is 2.00 bits per heavy atom. The van der Waals surface area contributed by atoms with Crippen LogP contribution >= 0.6 is 0 Å². The molecular formula is C20H35FN2O5. The number of ether oxygens (including phenoxy) is 2. The molecule has 0 aliphatic carbocycles. The van der Waals surface area contributed by atoms with E-state index in [2.05, 4.69) is 4.74 Å². The van der Waals surface area contributed by atoms with Crippen molar-refractivity contribution in [1.82, 2.24) is 10.2 Å². The number of likely N-dealkylation sites (tertiary alicyclic amines) is 1. The van der Waals surface area contributed by atoms with E-state index in [0.29, 0.717) is 31.3 Å². The molecular weight excluding hydrogens is 367 g/mol. The van der Waals surface area contributed by atoms with E-state index in [4.69, 9.17) is 9.57 Å². The monoisotopic (exact) mass is 402 g/mol. The number of carbonyl (C=O) groups is 2. The summed E-state index contributed by atoms with van der Waals surface area (Å²) in [5.41, 5.74) is 0.365. The molecule has 0 aromatic rings. The van der Waals surface area contributed by atoms with E-state index in [0.717, 1.165) is 12.0 Å². The molecule has 1 atom stereocenters. The van der Waals surface area contributed by atoms with Gasteiger partial charge in [-0.15, -0.1) is 4.48 Å². The summed E-state index contributed by atoms with van der Waals surface area (Å²) in [6.45, 7) is 12.9. The number of carbonyl (C=O) groups excluding carboxylic acids is 2. The number of hydroxylamine groups is 1. The lowest BCUT2D eigenvalue weighted by molar-refractivity contribution is -0.296. The lowest BCUT2D eigenvalue weighted by Gasteiger charge is -2.25. The van der Waals surface area contributed by atoms with Gasteiger partial charge in [0, 0.05) is 13.1 Å². The molecule has 162 valence electrons. The lowest BCUT2D eigenvalue weighted by atomic mass is 10.2. The average molecular weight is 403 g/mol. The number of nitrogens with zero attached hydrogens (tertiary/aromatic N) is 2. The Kier molecular flexibility index (Phi) is 13.1. The molecule has 1 saturated heterocycles. The first-order valence-corrected chi connectivity index (χ1v) is 9.61. The van der Waals surface area contributed by atoms with Gasteiger partial charge in [0.05, 0.1) is 19.3 Å². The van der Waals surface area contributed by atoms with E-state index in [1.807, 2.05) is 52.8 Å². The van der Waals surface area contributed by atoms with Crippen molar-refractivity contribution in [3.63, 3.8) is 0 Å². The molecule has 1 rings (SSSR count). The SMILES string of the molecule is C/C=C(\C=C/CC)CON(F)C1CCN(C(=O)OC(C)(C)C)C1.CCOC=O. The highest BCUT2D eigenvalue weighted by Gasteiger charge is 2.34. The fourth-order valence-electron chi connectivity index (χ4n) is 2.21. The van der Waals surface area contributed by atoms with Crippen LogP contribution in [0.4, 0.5) is 9.28 Å². The second-order valence-corrected chi connectivity index (χ2v) is 7.14. The molecule has 1 aliphatic heterocycles. The molecule has 0 saturated carbocycles. The predicted molar refractivity (Wildman–Crippen MR) is 106 cm³/mol. The Balaban J connectivity index is 0.00000129. The second kappa shape index (κ2) is 14.1. The van der Waals surface area contributed by atoms with Crippen molar-refractivity contribution in [2.75, 3.05) is 26.3 Å². The first-order chi connectivity index (χ1) is 13.2. The zero-order valence-corrected chi connectivity index (χ0v) is 17.9. The molecule has 0 aromatic heterocycles. The Labute approximate surface area is 168 Å². The Bertz CT molecular complexity index is 517. The van der Waals surface area contributed by atoms with Crippen LogP contribution in [0, 0.1) is 0 Å². The summed E-state index contributed by atoms with van der Waals surface area (Å²) in [6, 6.07) is -0.462. The van der Waals surface area contributed by atoms with E-state index in [9.17, 15) is 14.1 Å². The molecule has 28 heavy (non-hydrogen) atoms. The maximum absolute atomic E-state index is 14.1. The Morgan fingerprint density at radius 3 is 2.46 bits per heavy atom. The van der Waals surface area contributed by atoms with Crippen molar-refractivity contribution < 1.29 is 28.4 Å². The van der Waals surface area contributed by atoms with Crippen LogP contribution in [-0.2, 0) is 19.1 Å². The maximum atomic E-state index is 14.1. The topological polar surface area (TPSA) is 68.3 Å². The van der Waals surface area contributed by atoms with E-state index >= 15 is 0 Å². The van der Waals surface area contributed by atoms with Crippen LogP contribution in [0.5, 0.6) is 0 Å². The molecule has 0 spiro atoms. The fourth-order valence-corrected chi connectivity index (χ4v) is 2.21. The van der Waals surface area contributed by atoms with Crippen molar-refractivity contribution in [2.24, 2.45) is 0 Å². The quantitative estimate of drug-likeness (QED) is 0.262. The van der Waals surface area contributed by atoms with Gasteiger partial charge < -0.3 is 14.4 Å². The number of hydrogen-bond acceptors (Lipinski definition) is 6. The van der Waals surface area contributed by atoms with E-state index < -0.39 is 17.7 Å². The highest BCUT2D eigenvalue weighted by atomic mass is 19.2. The van der Waals surface area contributed by atoms with Crippen LogP contribution < -0.4 is 0 Å². The third-order valence-electron chi connectivity index (χ3n) is 3.63. The van der Waals surface area contributed by atoms with Gasteiger partial charge in [-0.3, -0.25) is 9.63 Å². The fraction of sp³-hybridized carbons (Fsp3) is 0.700. The first kappa shape index (κ1) is 26.1. The summed E-state index contributed by atoms with van der Waals surface area (Å²) < 4.78 is 23.5. The highest BCUT2D eigenvalue weighted by molar-refractivity contribution is 5.68. The minimum Gasteiger partial charge on any atom is -0.468 e. The summed E-state index contributed by atoms with van der Waals surface area (Å²) in [6.07, 6.45) is 6.85. The summed E-state index contributed by atoms with van der Waals surface area (Å²) in [4.78, 5) is 27.8. The summed E-state index contributed by atoms with van der Waals surface area (Å²) in [7, 11) is 0. The zero-order valence-electron chi connectivity index (χ0n) is 17.9. The van der Waals surface area contributed by atoms with Gasteiger partial charge in [-0.1, -0.05) is 25.2 Å². The molecule has 1 heterocycles. The van der Waals surface area contributed by atoms with Crippen LogP contribution in [0.25, 0.3) is 0 Å². The van der Waals surface area contributed by atoms with Crippen LogP contribution in [0.3, 0.4) is 0 Å². The smallest absolute Gasteiger partial charge is 0.410 e. The second-order valence-electron chi connectivity index (χ2n) is 7.14. The van der Waals surface area contributed by atoms with Crippen molar-refractivity contribution in [2.45, 2.75) is 66.0 Å². The number of amides is 1. The zero-order chi connectivity index (χ0) is 21.6. The van der Waals surface area contributed by atoms with Gasteiger partial charge in [0.25, 0.3) is 6.47 Å². The number of allylic oxidation sites excluding steroid dienone is 2. The number of rotatable bonds is 8. The van der Waals surface area contributed by atoms with Gasteiger partial charge in [0.1, 0.15) is 5.60 Å². The number of hydrogen-bond donors (Lipinski definition) is 0. The molecule has 1 aliphatic rings. The van der Waals surface area contributed by atoms with Crippen molar-refractivity contribution in [3.05, 3.63) is 23.8 Å². The summed E-state index contributed by atoms with van der Waals surface area (Å²) in [5, 5.41) is 0.369. The van der Waals surface area contributed by atoms with Crippen molar-refractivity contribution in [1.29, 1.82) is 0 Å². The van der Waals surface area contributed by atoms with Gasteiger partial charge >= 0.3 is 6.09 Å². The van der Waals surface area contributed by atoms with E-state index in [-0.39, 0.29) is 13.2 Å². The molecule has 0 radical (unpaired) electrons. The average Bonchev–Trinajstić information content (AvgIpc) is 3.12. The summed E-state index contributed by atoms with van der Waals surface area (Å²) in [5.74, 6) is 0. The molecule has 0 aromatic carbocycles. The highest BCUT2D eigenvalue weighted by Crippen LogP contribution is 2.20. The third-order valence-corrected chi connectivity index (χ3v) is 3.63. The molecule has 1 fully saturated rings. The van der Waals surface area contributed by atoms with Gasteiger partial charge in [0.15, 0.2) is 0 Å². The molecule has 1 unspecified atom stereocenters. The molecule has 8 heteroatoms. The predicted octanol–water partition coefficient (Wildman–Crippen LogP) is 4.21. The first-order valence-electron chi connectivity index (χ1n) is 9.61. The van der Waals surface area contributed by atoms with Crippen LogP contribution in [0.2, 0.25) is 0 Å². The van der Waals surface area contributed by atoms with Gasteiger partial charge in [-0.25, -0.2) is 4.79 Å².